The lowest BCUT2D eigenvalue weighted by Gasteiger charge is -2.08. The fraction of sp³-hybridized carbons (Fsp3) is 0.143. The highest BCUT2D eigenvalue weighted by molar-refractivity contribution is 14.1. The van der Waals surface area contributed by atoms with Gasteiger partial charge in [-0.3, -0.25) is 0 Å². The van der Waals surface area contributed by atoms with Crippen molar-refractivity contribution in [3.63, 3.8) is 0 Å². The Kier molecular flexibility index (Phi) is 3.03. The molecule has 3 nitrogen and oxygen atoms in total. The maximum Gasteiger partial charge on any atom is 0.159 e. The molecule has 0 saturated carbocycles. The number of benzene rings is 1. The SMILES string of the molecule is Cc1ccccc1-c1cc(CI)c2ncnn2c1. The molecule has 3 aromatic rings. The van der Waals surface area contributed by atoms with Gasteiger partial charge >= 0.3 is 0 Å². The van der Waals surface area contributed by atoms with E-state index in [-0.39, 0.29) is 0 Å². The minimum absolute atomic E-state index is 0.930. The predicted molar refractivity (Wildman–Crippen MR) is 80.9 cm³/mol. The van der Waals surface area contributed by atoms with Crippen molar-refractivity contribution in [2.24, 2.45) is 0 Å². The van der Waals surface area contributed by atoms with Gasteiger partial charge in [0, 0.05) is 21.8 Å². The fourth-order valence-electron chi connectivity index (χ4n) is 2.14. The van der Waals surface area contributed by atoms with Crippen molar-refractivity contribution in [1.82, 2.24) is 14.6 Å². The first kappa shape index (κ1) is 11.6. The smallest absolute Gasteiger partial charge is 0.159 e. The highest BCUT2D eigenvalue weighted by Gasteiger charge is 2.08. The van der Waals surface area contributed by atoms with Gasteiger partial charge in [0.05, 0.1) is 0 Å². The number of alkyl halides is 1. The van der Waals surface area contributed by atoms with Crippen LogP contribution in [0.2, 0.25) is 0 Å². The number of nitrogens with zero attached hydrogens (tertiary/aromatic N) is 3. The maximum absolute atomic E-state index is 4.29. The molecule has 0 aliphatic heterocycles. The first-order valence-corrected chi connectivity index (χ1v) is 7.26. The Bertz CT molecular complexity index is 703. The van der Waals surface area contributed by atoms with Crippen molar-refractivity contribution in [1.29, 1.82) is 0 Å². The van der Waals surface area contributed by atoms with E-state index in [0.717, 1.165) is 10.1 Å². The highest BCUT2D eigenvalue weighted by atomic mass is 127. The summed E-state index contributed by atoms with van der Waals surface area (Å²) in [6.07, 6.45) is 3.65. The lowest BCUT2D eigenvalue weighted by Crippen LogP contribution is -1.94. The van der Waals surface area contributed by atoms with Gasteiger partial charge in [0.25, 0.3) is 0 Å². The zero-order valence-electron chi connectivity index (χ0n) is 9.97. The number of pyridine rings is 1. The quantitative estimate of drug-likeness (QED) is 0.522. The van der Waals surface area contributed by atoms with Crippen molar-refractivity contribution in [2.45, 2.75) is 11.4 Å². The van der Waals surface area contributed by atoms with Gasteiger partial charge in [0.2, 0.25) is 0 Å². The lowest BCUT2D eigenvalue weighted by atomic mass is 10.0. The van der Waals surface area contributed by atoms with E-state index in [9.17, 15) is 0 Å². The van der Waals surface area contributed by atoms with E-state index in [1.54, 1.807) is 6.33 Å². The van der Waals surface area contributed by atoms with E-state index in [4.69, 9.17) is 0 Å². The van der Waals surface area contributed by atoms with Crippen molar-refractivity contribution >= 4 is 28.2 Å². The Morgan fingerprint density at radius 2 is 2.11 bits per heavy atom. The summed E-state index contributed by atoms with van der Waals surface area (Å²) < 4.78 is 2.79. The van der Waals surface area contributed by atoms with Crippen LogP contribution in [0.1, 0.15) is 11.1 Å². The second-order valence-corrected chi connectivity index (χ2v) is 4.99. The summed E-state index contributed by atoms with van der Waals surface area (Å²) in [5.74, 6) is 0. The Morgan fingerprint density at radius 1 is 1.28 bits per heavy atom. The Labute approximate surface area is 119 Å². The molecule has 2 heterocycles. The number of hydrogen-bond acceptors (Lipinski definition) is 2. The molecule has 1 aromatic carbocycles. The monoisotopic (exact) mass is 349 g/mol. The van der Waals surface area contributed by atoms with Gasteiger partial charge in [-0.15, -0.1) is 0 Å². The van der Waals surface area contributed by atoms with Gasteiger partial charge in [0.15, 0.2) is 5.65 Å². The van der Waals surface area contributed by atoms with Crippen molar-refractivity contribution in [3.05, 3.63) is 54.0 Å². The molecule has 0 aliphatic carbocycles. The second-order valence-electron chi connectivity index (χ2n) is 4.23. The van der Waals surface area contributed by atoms with Crippen molar-refractivity contribution in [2.75, 3.05) is 0 Å². The van der Waals surface area contributed by atoms with E-state index < -0.39 is 0 Å². The van der Waals surface area contributed by atoms with Crippen LogP contribution in [0.25, 0.3) is 16.8 Å². The molecule has 0 fully saturated rings. The van der Waals surface area contributed by atoms with Crippen LogP contribution in [0.4, 0.5) is 0 Å². The zero-order chi connectivity index (χ0) is 12.5. The van der Waals surface area contributed by atoms with E-state index in [1.165, 1.54) is 22.3 Å². The third kappa shape index (κ3) is 1.90. The number of rotatable bonds is 2. The molecule has 0 atom stereocenters. The van der Waals surface area contributed by atoms with Crippen LogP contribution in [-0.2, 0) is 4.43 Å². The number of aromatic nitrogens is 3. The van der Waals surface area contributed by atoms with Gasteiger partial charge in [-0.2, -0.15) is 5.10 Å². The van der Waals surface area contributed by atoms with Crippen LogP contribution in [0.5, 0.6) is 0 Å². The van der Waals surface area contributed by atoms with E-state index >= 15 is 0 Å². The minimum Gasteiger partial charge on any atom is -0.220 e. The molecular formula is C14H12IN3. The molecule has 90 valence electrons. The Morgan fingerprint density at radius 3 is 2.89 bits per heavy atom. The topological polar surface area (TPSA) is 30.2 Å². The van der Waals surface area contributed by atoms with E-state index in [1.807, 2.05) is 10.7 Å². The predicted octanol–water partition coefficient (Wildman–Crippen LogP) is 3.64. The third-order valence-corrected chi connectivity index (χ3v) is 3.87. The summed E-state index contributed by atoms with van der Waals surface area (Å²) in [5.41, 5.74) is 5.88. The molecule has 0 amide bonds. The largest absolute Gasteiger partial charge is 0.220 e. The van der Waals surface area contributed by atoms with Gasteiger partial charge in [-0.05, 0) is 24.1 Å². The van der Waals surface area contributed by atoms with Crippen molar-refractivity contribution in [3.8, 4) is 11.1 Å². The first-order chi connectivity index (χ1) is 8.79. The van der Waals surface area contributed by atoms with Crippen LogP contribution in [0, 0.1) is 6.92 Å². The summed E-state index contributed by atoms with van der Waals surface area (Å²) in [4.78, 5) is 4.29. The van der Waals surface area contributed by atoms with Crippen LogP contribution in [-0.4, -0.2) is 14.6 Å². The molecule has 2 aromatic heterocycles. The number of aryl methyl sites for hydroxylation is 1. The number of hydrogen-bond donors (Lipinski definition) is 0. The fourth-order valence-corrected chi connectivity index (χ4v) is 2.70. The van der Waals surface area contributed by atoms with E-state index in [2.05, 4.69) is 69.9 Å². The molecule has 0 unspecified atom stereocenters. The van der Waals surface area contributed by atoms with Gasteiger partial charge in [-0.1, -0.05) is 46.9 Å². The molecule has 0 N–H and O–H groups in total. The average molecular weight is 349 g/mol. The zero-order valence-corrected chi connectivity index (χ0v) is 12.1. The summed E-state index contributed by atoms with van der Waals surface area (Å²) in [7, 11) is 0. The highest BCUT2D eigenvalue weighted by Crippen LogP contribution is 2.26. The summed E-state index contributed by atoms with van der Waals surface area (Å²) in [5, 5.41) is 4.25. The summed E-state index contributed by atoms with van der Waals surface area (Å²) >= 11 is 2.36. The molecule has 0 bridgehead atoms. The van der Waals surface area contributed by atoms with E-state index in [0.29, 0.717) is 0 Å². The normalized spacial score (nSPS) is 11.0. The van der Waals surface area contributed by atoms with Crippen LogP contribution in [0.3, 0.4) is 0 Å². The standard InChI is InChI=1S/C14H12IN3/c1-10-4-2-3-5-13(10)12-6-11(7-15)14-16-9-17-18(14)8-12/h2-6,8-9H,7H2,1H3. The molecule has 0 spiro atoms. The lowest BCUT2D eigenvalue weighted by molar-refractivity contribution is 0.957. The summed E-state index contributed by atoms with van der Waals surface area (Å²) in [6, 6.07) is 10.6. The van der Waals surface area contributed by atoms with Crippen LogP contribution >= 0.6 is 22.6 Å². The molecular weight excluding hydrogens is 337 g/mol. The first-order valence-electron chi connectivity index (χ1n) is 5.74. The maximum atomic E-state index is 4.29. The number of halogens is 1. The molecule has 4 heteroatoms. The van der Waals surface area contributed by atoms with Crippen molar-refractivity contribution < 1.29 is 0 Å². The van der Waals surface area contributed by atoms with Crippen LogP contribution < -0.4 is 0 Å². The van der Waals surface area contributed by atoms with Gasteiger partial charge in [-0.25, -0.2) is 9.50 Å². The Hall–Kier alpha value is -1.43. The molecule has 0 saturated heterocycles. The van der Waals surface area contributed by atoms with Crippen LogP contribution in [0.15, 0.2) is 42.9 Å². The van der Waals surface area contributed by atoms with Gasteiger partial charge < -0.3 is 0 Å². The third-order valence-electron chi connectivity index (χ3n) is 3.05. The second kappa shape index (κ2) is 4.68. The average Bonchev–Trinajstić information content (AvgIpc) is 2.86. The molecule has 18 heavy (non-hydrogen) atoms. The Balaban J connectivity index is 2.27. The number of fused-ring (bicyclic) bond motifs is 1. The molecule has 0 aliphatic rings. The minimum atomic E-state index is 0.930. The summed E-state index contributed by atoms with van der Waals surface area (Å²) in [6.45, 7) is 2.13. The molecule has 0 radical (unpaired) electrons. The molecule has 3 rings (SSSR count). The van der Waals surface area contributed by atoms with Gasteiger partial charge in [0.1, 0.15) is 6.33 Å².